The zero-order chi connectivity index (χ0) is 10.7. The van der Waals surface area contributed by atoms with Crippen molar-refractivity contribution in [1.29, 1.82) is 0 Å². The summed E-state index contributed by atoms with van der Waals surface area (Å²) in [5, 5.41) is 12.6. The molecule has 0 amide bonds. The van der Waals surface area contributed by atoms with Gasteiger partial charge < -0.3 is 9.90 Å². The molecule has 3 nitrogen and oxygen atoms in total. The lowest BCUT2D eigenvalue weighted by Crippen LogP contribution is -2.35. The summed E-state index contributed by atoms with van der Waals surface area (Å²) in [6.07, 6.45) is 2.38. The minimum Gasteiger partial charge on any atom is -0.378 e. The molecule has 0 bridgehead atoms. The van der Waals surface area contributed by atoms with Crippen LogP contribution in [0.25, 0.3) is 0 Å². The molecule has 1 aliphatic rings. The van der Waals surface area contributed by atoms with Crippen LogP contribution in [0.2, 0.25) is 0 Å². The van der Waals surface area contributed by atoms with E-state index in [1.54, 1.807) is 0 Å². The van der Waals surface area contributed by atoms with Gasteiger partial charge in [0.2, 0.25) is 0 Å². The SMILES string of the molecule is O=C[C@H](NC(O)C1CC1)c1ccccc1. The molecule has 1 aromatic carbocycles. The van der Waals surface area contributed by atoms with E-state index in [1.165, 1.54) is 0 Å². The summed E-state index contributed by atoms with van der Waals surface area (Å²) in [4.78, 5) is 10.9. The van der Waals surface area contributed by atoms with Crippen molar-refractivity contribution >= 4 is 6.29 Å². The lowest BCUT2D eigenvalue weighted by atomic mass is 10.1. The Morgan fingerprint density at radius 1 is 1.33 bits per heavy atom. The first-order valence-corrected chi connectivity index (χ1v) is 5.25. The Kier molecular flexibility index (Phi) is 3.14. The number of rotatable bonds is 5. The topological polar surface area (TPSA) is 49.3 Å². The van der Waals surface area contributed by atoms with Crippen LogP contribution in [0.4, 0.5) is 0 Å². The fraction of sp³-hybridized carbons (Fsp3) is 0.417. The number of hydrogen-bond donors (Lipinski definition) is 2. The molecule has 1 saturated carbocycles. The number of nitrogens with one attached hydrogen (secondary N) is 1. The Morgan fingerprint density at radius 2 is 2.00 bits per heavy atom. The maximum atomic E-state index is 10.9. The van der Waals surface area contributed by atoms with Gasteiger partial charge in [0.05, 0.1) is 6.04 Å². The lowest BCUT2D eigenvalue weighted by molar-refractivity contribution is -0.110. The van der Waals surface area contributed by atoms with Gasteiger partial charge in [-0.05, 0) is 24.3 Å². The second-order valence-corrected chi connectivity index (χ2v) is 3.97. The summed E-state index contributed by atoms with van der Waals surface area (Å²) >= 11 is 0. The third kappa shape index (κ3) is 2.64. The van der Waals surface area contributed by atoms with Gasteiger partial charge in [-0.15, -0.1) is 0 Å². The van der Waals surface area contributed by atoms with E-state index in [2.05, 4.69) is 5.32 Å². The van der Waals surface area contributed by atoms with Crippen LogP contribution in [0.15, 0.2) is 30.3 Å². The molecule has 15 heavy (non-hydrogen) atoms. The van der Waals surface area contributed by atoms with Gasteiger partial charge in [0.1, 0.15) is 12.5 Å². The molecule has 80 valence electrons. The van der Waals surface area contributed by atoms with E-state index in [-0.39, 0.29) is 0 Å². The largest absolute Gasteiger partial charge is 0.378 e. The number of benzene rings is 1. The number of carbonyl (C=O) groups is 1. The van der Waals surface area contributed by atoms with Crippen LogP contribution in [0.3, 0.4) is 0 Å². The van der Waals surface area contributed by atoms with E-state index in [9.17, 15) is 9.90 Å². The first-order valence-electron chi connectivity index (χ1n) is 5.25. The minimum absolute atomic E-state index is 0.330. The van der Waals surface area contributed by atoms with E-state index in [0.29, 0.717) is 5.92 Å². The minimum atomic E-state index is -0.555. The van der Waals surface area contributed by atoms with Crippen LogP contribution in [-0.2, 0) is 4.79 Å². The molecule has 1 unspecified atom stereocenters. The number of aliphatic hydroxyl groups is 1. The van der Waals surface area contributed by atoms with Crippen molar-refractivity contribution in [3.8, 4) is 0 Å². The number of aldehydes is 1. The van der Waals surface area contributed by atoms with Gasteiger partial charge in [-0.25, -0.2) is 0 Å². The fourth-order valence-electron chi connectivity index (χ4n) is 1.61. The first kappa shape index (κ1) is 10.3. The van der Waals surface area contributed by atoms with Crippen molar-refractivity contribution in [2.45, 2.75) is 25.1 Å². The molecule has 2 atom stereocenters. The van der Waals surface area contributed by atoms with E-state index >= 15 is 0 Å². The highest BCUT2D eigenvalue weighted by molar-refractivity contribution is 5.61. The zero-order valence-electron chi connectivity index (χ0n) is 8.47. The number of carbonyl (C=O) groups excluding carboxylic acids is 1. The van der Waals surface area contributed by atoms with Crippen LogP contribution in [0.5, 0.6) is 0 Å². The predicted molar refractivity (Wildman–Crippen MR) is 57.1 cm³/mol. The average Bonchev–Trinajstić information content (AvgIpc) is 3.10. The molecule has 2 N–H and O–H groups in total. The van der Waals surface area contributed by atoms with Crippen LogP contribution >= 0.6 is 0 Å². The van der Waals surface area contributed by atoms with Gasteiger partial charge in [-0.3, -0.25) is 5.32 Å². The Labute approximate surface area is 89.1 Å². The highest BCUT2D eigenvalue weighted by Gasteiger charge is 2.31. The van der Waals surface area contributed by atoms with Crippen LogP contribution < -0.4 is 5.32 Å². The molecule has 1 fully saturated rings. The lowest BCUT2D eigenvalue weighted by Gasteiger charge is -2.17. The van der Waals surface area contributed by atoms with Crippen LogP contribution in [-0.4, -0.2) is 17.6 Å². The van der Waals surface area contributed by atoms with Crippen molar-refractivity contribution in [3.05, 3.63) is 35.9 Å². The summed E-state index contributed by atoms with van der Waals surface area (Å²) in [5.74, 6) is 0.330. The average molecular weight is 205 g/mol. The summed E-state index contributed by atoms with van der Waals surface area (Å²) < 4.78 is 0. The smallest absolute Gasteiger partial charge is 0.141 e. The molecule has 0 radical (unpaired) electrons. The highest BCUT2D eigenvalue weighted by atomic mass is 16.3. The van der Waals surface area contributed by atoms with E-state index in [4.69, 9.17) is 0 Å². The Morgan fingerprint density at radius 3 is 2.53 bits per heavy atom. The molecule has 1 aliphatic carbocycles. The summed E-state index contributed by atoms with van der Waals surface area (Å²) in [6.45, 7) is 0. The molecule has 0 saturated heterocycles. The van der Waals surface area contributed by atoms with Gasteiger partial charge in [0.15, 0.2) is 0 Å². The molecule has 0 heterocycles. The van der Waals surface area contributed by atoms with Gasteiger partial charge in [0, 0.05) is 0 Å². The monoisotopic (exact) mass is 205 g/mol. The summed E-state index contributed by atoms with van der Waals surface area (Å²) in [7, 11) is 0. The van der Waals surface area contributed by atoms with Crippen molar-refractivity contribution in [2.24, 2.45) is 5.92 Å². The number of aliphatic hydroxyl groups excluding tert-OH is 1. The van der Waals surface area contributed by atoms with E-state index in [0.717, 1.165) is 24.7 Å². The molecular formula is C12H15NO2. The van der Waals surface area contributed by atoms with E-state index in [1.807, 2.05) is 30.3 Å². The van der Waals surface area contributed by atoms with E-state index < -0.39 is 12.3 Å². The van der Waals surface area contributed by atoms with Crippen LogP contribution in [0.1, 0.15) is 24.4 Å². The van der Waals surface area contributed by atoms with Crippen molar-refractivity contribution < 1.29 is 9.90 Å². The molecule has 1 aromatic rings. The van der Waals surface area contributed by atoms with Gasteiger partial charge in [-0.1, -0.05) is 30.3 Å². The second-order valence-electron chi connectivity index (χ2n) is 3.97. The van der Waals surface area contributed by atoms with Crippen molar-refractivity contribution in [2.75, 3.05) is 0 Å². The third-order valence-electron chi connectivity index (χ3n) is 2.71. The van der Waals surface area contributed by atoms with Gasteiger partial charge >= 0.3 is 0 Å². The summed E-state index contributed by atoms with van der Waals surface area (Å²) in [6, 6.07) is 9.04. The predicted octanol–water partition coefficient (Wildman–Crippen LogP) is 1.24. The zero-order valence-corrected chi connectivity index (χ0v) is 8.47. The highest BCUT2D eigenvalue weighted by Crippen LogP contribution is 2.32. The van der Waals surface area contributed by atoms with Crippen LogP contribution in [0, 0.1) is 5.92 Å². The maximum absolute atomic E-state index is 10.9. The first-order chi connectivity index (χ1) is 7.31. The standard InChI is InChI=1S/C12H15NO2/c14-8-11(9-4-2-1-3-5-9)13-12(15)10-6-7-10/h1-5,8,10-13,15H,6-7H2/t11-,12?/m0/s1. The van der Waals surface area contributed by atoms with Crippen molar-refractivity contribution in [1.82, 2.24) is 5.32 Å². The maximum Gasteiger partial charge on any atom is 0.141 e. The quantitative estimate of drug-likeness (QED) is 0.561. The number of hydrogen-bond acceptors (Lipinski definition) is 3. The molecule has 3 heteroatoms. The Balaban J connectivity index is 2.00. The van der Waals surface area contributed by atoms with Crippen molar-refractivity contribution in [3.63, 3.8) is 0 Å². The molecule has 0 spiro atoms. The van der Waals surface area contributed by atoms with Gasteiger partial charge in [0.25, 0.3) is 0 Å². The fourth-order valence-corrected chi connectivity index (χ4v) is 1.61. The Bertz CT molecular complexity index is 322. The third-order valence-corrected chi connectivity index (χ3v) is 2.71. The molecule has 0 aliphatic heterocycles. The second kappa shape index (κ2) is 4.55. The molecule has 2 rings (SSSR count). The molecule has 0 aromatic heterocycles. The normalized spacial score (nSPS) is 19.5. The summed E-state index contributed by atoms with van der Waals surface area (Å²) in [5.41, 5.74) is 0.896. The Hall–Kier alpha value is -1.19. The molecular weight excluding hydrogens is 190 g/mol. The van der Waals surface area contributed by atoms with Gasteiger partial charge in [-0.2, -0.15) is 0 Å².